The van der Waals surface area contributed by atoms with Gasteiger partial charge in [0.25, 0.3) is 0 Å². The molecule has 0 bridgehead atoms. The van der Waals surface area contributed by atoms with Crippen molar-refractivity contribution >= 4 is 34.2 Å². The van der Waals surface area contributed by atoms with E-state index in [0.29, 0.717) is 20.4 Å². The fraction of sp³-hybridized carbons (Fsp3) is 0.0476. The van der Waals surface area contributed by atoms with Crippen molar-refractivity contribution in [1.82, 2.24) is 0 Å². The highest BCUT2D eigenvalue weighted by Gasteiger charge is 2.35. The van der Waals surface area contributed by atoms with Crippen molar-refractivity contribution in [1.29, 1.82) is 0 Å². The van der Waals surface area contributed by atoms with E-state index < -0.39 is 11.6 Å². The predicted octanol–water partition coefficient (Wildman–Crippen LogP) is 4.15. The molecule has 0 atom stereocenters. The number of fused-ring (bicyclic) bond motifs is 2. The number of phenols is 2. The SMILES string of the molecule is COc1ccc(-c2ccc3c(c2O)C(=O)c2ccc(I)c(O)c2C3=O)cc1. The summed E-state index contributed by atoms with van der Waals surface area (Å²) in [4.78, 5) is 25.8. The Kier molecular flexibility index (Phi) is 4.15. The fourth-order valence-electron chi connectivity index (χ4n) is 3.27. The Morgan fingerprint density at radius 3 is 1.85 bits per heavy atom. The van der Waals surface area contributed by atoms with Gasteiger partial charge in [-0.25, -0.2) is 0 Å². The van der Waals surface area contributed by atoms with E-state index in [9.17, 15) is 19.8 Å². The molecule has 0 saturated carbocycles. The van der Waals surface area contributed by atoms with Crippen molar-refractivity contribution in [3.63, 3.8) is 0 Å². The van der Waals surface area contributed by atoms with E-state index in [1.807, 2.05) is 22.6 Å². The lowest BCUT2D eigenvalue weighted by Crippen LogP contribution is -2.21. The van der Waals surface area contributed by atoms with Gasteiger partial charge in [0.1, 0.15) is 17.2 Å². The zero-order valence-electron chi connectivity index (χ0n) is 14.1. The van der Waals surface area contributed by atoms with Gasteiger partial charge in [0.2, 0.25) is 0 Å². The lowest BCUT2D eigenvalue weighted by atomic mass is 9.81. The minimum atomic E-state index is -0.487. The summed E-state index contributed by atoms with van der Waals surface area (Å²) in [5, 5.41) is 21.0. The second kappa shape index (κ2) is 6.38. The summed E-state index contributed by atoms with van der Waals surface area (Å²) in [5.74, 6) is -0.761. The van der Waals surface area contributed by atoms with Crippen LogP contribution in [0.5, 0.6) is 17.2 Å². The Morgan fingerprint density at radius 1 is 0.741 bits per heavy atom. The van der Waals surface area contributed by atoms with E-state index in [-0.39, 0.29) is 33.8 Å². The van der Waals surface area contributed by atoms with Crippen molar-refractivity contribution in [3.05, 3.63) is 74.4 Å². The number of benzene rings is 3. The summed E-state index contributed by atoms with van der Waals surface area (Å²) in [7, 11) is 1.56. The second-order valence-electron chi connectivity index (χ2n) is 6.09. The molecule has 3 aromatic rings. The first-order chi connectivity index (χ1) is 12.9. The molecular formula is C21H13IO5. The normalized spacial score (nSPS) is 12.5. The molecular weight excluding hydrogens is 459 g/mol. The van der Waals surface area contributed by atoms with Crippen molar-refractivity contribution in [2.24, 2.45) is 0 Å². The van der Waals surface area contributed by atoms with Gasteiger partial charge in [-0.1, -0.05) is 12.1 Å². The van der Waals surface area contributed by atoms with Gasteiger partial charge in [0.15, 0.2) is 11.6 Å². The molecule has 0 radical (unpaired) electrons. The van der Waals surface area contributed by atoms with Gasteiger partial charge < -0.3 is 14.9 Å². The standard InChI is InChI=1S/C21H13IO5/c1-27-11-4-2-10(3-5-11)12-6-7-13-16(18(12)23)19(24)14-8-9-15(22)21(26)17(14)20(13)25/h2-9,23,26H,1H3. The average Bonchev–Trinajstić information content (AvgIpc) is 2.68. The highest BCUT2D eigenvalue weighted by molar-refractivity contribution is 14.1. The maximum Gasteiger partial charge on any atom is 0.198 e. The molecule has 27 heavy (non-hydrogen) atoms. The van der Waals surface area contributed by atoms with Crippen LogP contribution in [-0.2, 0) is 0 Å². The molecule has 0 spiro atoms. The molecule has 4 rings (SSSR count). The molecule has 0 aliphatic heterocycles. The van der Waals surface area contributed by atoms with E-state index in [1.165, 1.54) is 12.1 Å². The summed E-state index contributed by atoms with van der Waals surface area (Å²) >= 11 is 1.90. The van der Waals surface area contributed by atoms with E-state index in [4.69, 9.17) is 4.74 Å². The Labute approximate surface area is 168 Å². The first-order valence-electron chi connectivity index (χ1n) is 8.05. The number of rotatable bonds is 2. The molecule has 0 saturated heterocycles. The molecule has 1 aliphatic rings. The number of phenolic OH excluding ortho intramolecular Hbond substituents is 2. The average molecular weight is 472 g/mol. The quantitative estimate of drug-likeness (QED) is 0.429. The van der Waals surface area contributed by atoms with E-state index >= 15 is 0 Å². The molecule has 2 N–H and O–H groups in total. The van der Waals surface area contributed by atoms with Gasteiger partial charge in [-0.15, -0.1) is 0 Å². The predicted molar refractivity (Wildman–Crippen MR) is 108 cm³/mol. The van der Waals surface area contributed by atoms with Crippen LogP contribution in [0, 0.1) is 3.57 Å². The highest BCUT2D eigenvalue weighted by Crippen LogP contribution is 2.42. The summed E-state index contributed by atoms with van der Waals surface area (Å²) in [6.45, 7) is 0. The number of carbonyl (C=O) groups excluding carboxylic acids is 2. The molecule has 0 aromatic heterocycles. The van der Waals surface area contributed by atoms with E-state index in [2.05, 4.69) is 0 Å². The molecule has 1 aliphatic carbocycles. The van der Waals surface area contributed by atoms with Crippen LogP contribution in [0.3, 0.4) is 0 Å². The molecule has 3 aromatic carbocycles. The number of methoxy groups -OCH3 is 1. The Balaban J connectivity index is 1.91. The largest absolute Gasteiger partial charge is 0.507 e. The third-order valence-electron chi connectivity index (χ3n) is 4.65. The molecule has 0 amide bonds. The van der Waals surface area contributed by atoms with Crippen molar-refractivity contribution < 1.29 is 24.5 Å². The summed E-state index contributed by atoms with van der Waals surface area (Å²) in [5.41, 5.74) is 1.24. The zero-order valence-corrected chi connectivity index (χ0v) is 16.3. The summed E-state index contributed by atoms with van der Waals surface area (Å²) in [6, 6.07) is 13.2. The Bertz CT molecular complexity index is 1120. The number of hydrogen-bond acceptors (Lipinski definition) is 5. The van der Waals surface area contributed by atoms with Crippen LogP contribution in [0.2, 0.25) is 0 Å². The van der Waals surface area contributed by atoms with Crippen LogP contribution in [0.25, 0.3) is 11.1 Å². The van der Waals surface area contributed by atoms with Gasteiger partial charge in [0, 0.05) is 16.7 Å². The second-order valence-corrected chi connectivity index (χ2v) is 7.25. The minimum absolute atomic E-state index is 0.0176. The van der Waals surface area contributed by atoms with Gasteiger partial charge >= 0.3 is 0 Å². The van der Waals surface area contributed by atoms with Gasteiger partial charge in [-0.2, -0.15) is 0 Å². The number of halogens is 1. The van der Waals surface area contributed by atoms with Crippen LogP contribution >= 0.6 is 22.6 Å². The van der Waals surface area contributed by atoms with Crippen LogP contribution in [0.15, 0.2) is 48.5 Å². The van der Waals surface area contributed by atoms with Gasteiger partial charge in [-0.3, -0.25) is 9.59 Å². The van der Waals surface area contributed by atoms with Crippen LogP contribution in [-0.4, -0.2) is 28.9 Å². The number of hydrogen-bond donors (Lipinski definition) is 2. The van der Waals surface area contributed by atoms with Crippen LogP contribution in [0.4, 0.5) is 0 Å². The van der Waals surface area contributed by atoms with Crippen LogP contribution in [0.1, 0.15) is 31.8 Å². The lowest BCUT2D eigenvalue weighted by Gasteiger charge is -2.21. The Morgan fingerprint density at radius 2 is 1.26 bits per heavy atom. The third kappa shape index (κ3) is 2.59. The third-order valence-corrected chi connectivity index (χ3v) is 5.52. The van der Waals surface area contributed by atoms with Crippen molar-refractivity contribution in [3.8, 4) is 28.4 Å². The smallest absolute Gasteiger partial charge is 0.198 e. The summed E-state index contributed by atoms with van der Waals surface area (Å²) < 4.78 is 5.61. The van der Waals surface area contributed by atoms with E-state index in [1.54, 1.807) is 43.5 Å². The fourth-order valence-corrected chi connectivity index (χ4v) is 3.72. The highest BCUT2D eigenvalue weighted by atomic mass is 127. The number of ether oxygens (including phenoxy) is 1. The van der Waals surface area contributed by atoms with Crippen LogP contribution < -0.4 is 4.74 Å². The van der Waals surface area contributed by atoms with Crippen molar-refractivity contribution in [2.45, 2.75) is 0 Å². The Hall–Kier alpha value is -2.87. The number of ketones is 2. The van der Waals surface area contributed by atoms with Gasteiger partial charge in [-0.05, 0) is 64.6 Å². The molecule has 0 unspecified atom stereocenters. The van der Waals surface area contributed by atoms with Gasteiger partial charge in [0.05, 0.1) is 21.8 Å². The topological polar surface area (TPSA) is 83.8 Å². The first kappa shape index (κ1) is 17.5. The molecule has 6 heteroatoms. The molecule has 0 heterocycles. The maximum atomic E-state index is 13.0. The van der Waals surface area contributed by atoms with Crippen molar-refractivity contribution in [2.75, 3.05) is 7.11 Å². The zero-order chi connectivity index (χ0) is 19.3. The number of aromatic hydroxyl groups is 2. The first-order valence-corrected chi connectivity index (χ1v) is 9.13. The van der Waals surface area contributed by atoms with E-state index in [0.717, 1.165) is 0 Å². The molecule has 0 fully saturated rings. The maximum absolute atomic E-state index is 13.0. The molecule has 134 valence electrons. The summed E-state index contributed by atoms with van der Waals surface area (Å²) in [6.07, 6.45) is 0. The lowest BCUT2D eigenvalue weighted by molar-refractivity contribution is 0.0974. The monoisotopic (exact) mass is 472 g/mol. The number of carbonyl (C=O) groups is 2. The molecule has 5 nitrogen and oxygen atoms in total. The minimum Gasteiger partial charge on any atom is -0.507 e.